The number of amides is 1. The van der Waals surface area contributed by atoms with Gasteiger partial charge < -0.3 is 14.7 Å². The van der Waals surface area contributed by atoms with Gasteiger partial charge in [-0.1, -0.05) is 0 Å². The summed E-state index contributed by atoms with van der Waals surface area (Å²) < 4.78 is 30.4. The molecule has 1 fully saturated rings. The third-order valence-corrected chi connectivity index (χ3v) is 2.83. The van der Waals surface area contributed by atoms with Crippen LogP contribution in [-0.2, 0) is 4.74 Å². The van der Waals surface area contributed by atoms with Crippen LogP contribution >= 0.6 is 0 Å². The zero-order valence-electron chi connectivity index (χ0n) is 11.2. The first-order valence-electron chi connectivity index (χ1n) is 6.00. The summed E-state index contributed by atoms with van der Waals surface area (Å²) in [6, 6.07) is 0. The Balaban J connectivity index is 2.36. The van der Waals surface area contributed by atoms with Crippen molar-refractivity contribution < 1.29 is 23.4 Å². The number of alkyl halides is 2. The second-order valence-electron chi connectivity index (χ2n) is 5.95. The number of aliphatic hydroxyl groups excluding tert-OH is 1. The number of hydrogen-bond donors (Lipinski definition) is 1. The fourth-order valence-electron chi connectivity index (χ4n) is 1.82. The summed E-state index contributed by atoms with van der Waals surface area (Å²) >= 11 is 0. The highest BCUT2D eigenvalue weighted by atomic mass is 19.3. The summed E-state index contributed by atoms with van der Waals surface area (Å²) in [5.74, 6) is -3.10. The summed E-state index contributed by atoms with van der Waals surface area (Å²) in [4.78, 5) is 12.8. The molecule has 0 bridgehead atoms. The van der Waals surface area contributed by atoms with Gasteiger partial charge in [-0.3, -0.25) is 0 Å². The van der Waals surface area contributed by atoms with Crippen LogP contribution < -0.4 is 0 Å². The van der Waals surface area contributed by atoms with Crippen LogP contribution in [0.15, 0.2) is 0 Å². The second kappa shape index (κ2) is 4.99. The lowest BCUT2D eigenvalue weighted by Gasteiger charge is -2.39. The molecule has 0 radical (unpaired) electrons. The minimum absolute atomic E-state index is 0.00958. The van der Waals surface area contributed by atoms with E-state index in [0.717, 1.165) is 0 Å². The van der Waals surface area contributed by atoms with Crippen molar-refractivity contribution in [2.45, 2.75) is 51.2 Å². The largest absolute Gasteiger partial charge is 0.444 e. The molecule has 0 aromatic carbocycles. The molecule has 0 aromatic rings. The second-order valence-corrected chi connectivity index (χ2v) is 5.95. The van der Waals surface area contributed by atoms with Crippen molar-refractivity contribution in [1.82, 2.24) is 4.90 Å². The van der Waals surface area contributed by atoms with Crippen LogP contribution in [0.4, 0.5) is 13.6 Å². The van der Waals surface area contributed by atoms with Crippen molar-refractivity contribution in [3.8, 4) is 0 Å². The summed E-state index contributed by atoms with van der Waals surface area (Å²) in [7, 11) is 1.48. The van der Waals surface area contributed by atoms with E-state index in [4.69, 9.17) is 4.74 Å². The molecule has 4 nitrogen and oxygen atoms in total. The SMILES string of the molecule is CN(CC(O)C1CC(F)(F)C1)C(=O)OC(C)(C)C. The third kappa shape index (κ3) is 4.40. The van der Waals surface area contributed by atoms with E-state index < -0.39 is 29.6 Å². The van der Waals surface area contributed by atoms with Gasteiger partial charge in [0.2, 0.25) is 5.92 Å². The molecule has 18 heavy (non-hydrogen) atoms. The number of aliphatic hydroxyl groups is 1. The number of nitrogens with zero attached hydrogens (tertiary/aromatic N) is 1. The van der Waals surface area contributed by atoms with Crippen LogP contribution in [0.5, 0.6) is 0 Å². The van der Waals surface area contributed by atoms with Gasteiger partial charge in [-0.2, -0.15) is 0 Å². The van der Waals surface area contributed by atoms with Crippen molar-refractivity contribution in [3.05, 3.63) is 0 Å². The number of ether oxygens (including phenoxy) is 1. The van der Waals surface area contributed by atoms with Crippen LogP contribution in [0.3, 0.4) is 0 Å². The van der Waals surface area contributed by atoms with E-state index in [1.165, 1.54) is 11.9 Å². The van der Waals surface area contributed by atoms with Gasteiger partial charge in [-0.05, 0) is 26.7 Å². The quantitative estimate of drug-likeness (QED) is 0.851. The Kier molecular flexibility index (Phi) is 4.20. The maximum absolute atomic E-state index is 12.7. The van der Waals surface area contributed by atoms with Gasteiger partial charge in [0, 0.05) is 26.4 Å². The van der Waals surface area contributed by atoms with Crippen LogP contribution in [-0.4, -0.2) is 47.3 Å². The molecular weight excluding hydrogens is 244 g/mol. The summed E-state index contributed by atoms with van der Waals surface area (Å²) in [6.07, 6.45) is -2.11. The molecule has 0 aromatic heterocycles. The topological polar surface area (TPSA) is 49.8 Å². The van der Waals surface area contributed by atoms with Crippen molar-refractivity contribution in [3.63, 3.8) is 0 Å². The first kappa shape index (κ1) is 15.1. The van der Waals surface area contributed by atoms with E-state index in [2.05, 4.69) is 0 Å². The Labute approximate surface area is 106 Å². The van der Waals surface area contributed by atoms with Crippen LogP contribution in [0.2, 0.25) is 0 Å². The molecule has 0 spiro atoms. The minimum atomic E-state index is -2.66. The molecule has 6 heteroatoms. The predicted octanol–water partition coefficient (Wildman–Crippen LogP) is 2.26. The van der Waals surface area contributed by atoms with Crippen LogP contribution in [0, 0.1) is 5.92 Å². The maximum Gasteiger partial charge on any atom is 0.410 e. The molecule has 1 unspecified atom stereocenters. The molecule has 1 saturated carbocycles. The zero-order valence-corrected chi connectivity index (χ0v) is 11.2. The Morgan fingerprint density at radius 1 is 1.50 bits per heavy atom. The van der Waals surface area contributed by atoms with Crippen molar-refractivity contribution >= 4 is 6.09 Å². The van der Waals surface area contributed by atoms with E-state index >= 15 is 0 Å². The van der Waals surface area contributed by atoms with Crippen LogP contribution in [0.1, 0.15) is 33.6 Å². The summed E-state index contributed by atoms with van der Waals surface area (Å²) in [6.45, 7) is 5.22. The first-order chi connectivity index (χ1) is 8.00. The summed E-state index contributed by atoms with van der Waals surface area (Å²) in [5.41, 5.74) is -0.611. The number of rotatable bonds is 3. The van der Waals surface area contributed by atoms with Gasteiger partial charge in [-0.25, -0.2) is 13.6 Å². The van der Waals surface area contributed by atoms with E-state index in [9.17, 15) is 18.7 Å². The van der Waals surface area contributed by atoms with Gasteiger partial charge in [-0.15, -0.1) is 0 Å². The van der Waals surface area contributed by atoms with Gasteiger partial charge in [0.05, 0.1) is 6.10 Å². The van der Waals surface area contributed by atoms with Gasteiger partial charge in [0.15, 0.2) is 0 Å². The zero-order chi connectivity index (χ0) is 14.1. The molecule has 0 heterocycles. The fourth-order valence-corrected chi connectivity index (χ4v) is 1.82. The number of likely N-dealkylation sites (N-methyl/N-ethyl adjacent to an activating group) is 1. The highest BCUT2D eigenvalue weighted by molar-refractivity contribution is 5.67. The Morgan fingerprint density at radius 2 is 2.00 bits per heavy atom. The van der Waals surface area contributed by atoms with Crippen molar-refractivity contribution in [2.24, 2.45) is 5.92 Å². The highest BCUT2D eigenvalue weighted by Crippen LogP contribution is 2.44. The monoisotopic (exact) mass is 265 g/mol. The molecule has 106 valence electrons. The molecule has 1 amide bonds. The summed E-state index contributed by atoms with van der Waals surface area (Å²) in [5, 5.41) is 9.74. The normalized spacial score (nSPS) is 21.1. The molecule has 1 aliphatic rings. The molecular formula is C12H21F2NO3. The van der Waals surface area contributed by atoms with E-state index in [1.54, 1.807) is 20.8 Å². The van der Waals surface area contributed by atoms with E-state index in [1.807, 2.05) is 0 Å². The van der Waals surface area contributed by atoms with E-state index in [-0.39, 0.29) is 19.4 Å². The lowest BCUT2D eigenvalue weighted by atomic mass is 9.77. The van der Waals surface area contributed by atoms with Crippen LogP contribution in [0.25, 0.3) is 0 Å². The molecule has 1 atom stereocenters. The fraction of sp³-hybridized carbons (Fsp3) is 0.917. The van der Waals surface area contributed by atoms with Gasteiger partial charge in [0.1, 0.15) is 5.60 Å². The lowest BCUT2D eigenvalue weighted by Crippen LogP contribution is -2.47. The number of carbonyl (C=O) groups is 1. The highest BCUT2D eigenvalue weighted by Gasteiger charge is 2.48. The van der Waals surface area contributed by atoms with Crippen molar-refractivity contribution in [2.75, 3.05) is 13.6 Å². The first-order valence-corrected chi connectivity index (χ1v) is 6.00. The molecule has 1 rings (SSSR count). The average Bonchev–Trinajstić information content (AvgIpc) is 2.10. The Bertz CT molecular complexity index is 307. The number of carbonyl (C=O) groups excluding carboxylic acids is 1. The predicted molar refractivity (Wildman–Crippen MR) is 62.5 cm³/mol. The standard InChI is InChI=1S/C12H21F2NO3/c1-11(2,3)18-10(17)15(4)7-9(16)8-5-12(13,14)6-8/h8-9,16H,5-7H2,1-4H3. The van der Waals surface area contributed by atoms with Crippen molar-refractivity contribution in [1.29, 1.82) is 0 Å². The number of hydrogen-bond acceptors (Lipinski definition) is 3. The van der Waals surface area contributed by atoms with Gasteiger partial charge >= 0.3 is 6.09 Å². The van der Waals surface area contributed by atoms with Gasteiger partial charge in [0.25, 0.3) is 0 Å². The molecule has 0 aliphatic heterocycles. The molecule has 0 saturated heterocycles. The maximum atomic E-state index is 12.7. The molecule has 1 aliphatic carbocycles. The lowest BCUT2D eigenvalue weighted by molar-refractivity contribution is -0.143. The minimum Gasteiger partial charge on any atom is -0.444 e. The third-order valence-electron chi connectivity index (χ3n) is 2.83. The Hall–Kier alpha value is -0.910. The van der Waals surface area contributed by atoms with E-state index in [0.29, 0.717) is 0 Å². The molecule has 1 N–H and O–H groups in total. The Morgan fingerprint density at radius 3 is 2.39 bits per heavy atom. The average molecular weight is 265 g/mol. The number of halogens is 2. The smallest absolute Gasteiger partial charge is 0.410 e.